The summed E-state index contributed by atoms with van der Waals surface area (Å²) in [6.45, 7) is 11.0. The highest BCUT2D eigenvalue weighted by atomic mass is 16.6. The molecule has 0 spiro atoms. The lowest BCUT2D eigenvalue weighted by Crippen LogP contribution is -2.40. The van der Waals surface area contributed by atoms with Gasteiger partial charge in [0.1, 0.15) is 12.2 Å². The third kappa shape index (κ3) is 2.19. The number of hydrogen-bond acceptors (Lipinski definition) is 5. The minimum Gasteiger partial charge on any atom is -0.462 e. The Kier molecular flexibility index (Phi) is 3.44. The Labute approximate surface area is 130 Å². The van der Waals surface area contributed by atoms with Gasteiger partial charge >= 0.3 is 11.9 Å². The van der Waals surface area contributed by atoms with Gasteiger partial charge in [-0.05, 0) is 25.7 Å². The van der Waals surface area contributed by atoms with Crippen molar-refractivity contribution in [2.45, 2.75) is 50.9 Å². The van der Waals surface area contributed by atoms with E-state index in [0.29, 0.717) is 5.57 Å². The molecular formula is C17H22O5. The molecule has 22 heavy (non-hydrogen) atoms. The van der Waals surface area contributed by atoms with E-state index >= 15 is 0 Å². The molecule has 1 aliphatic heterocycles. The van der Waals surface area contributed by atoms with Crippen molar-refractivity contribution in [2.24, 2.45) is 17.8 Å². The fourth-order valence-electron chi connectivity index (χ4n) is 4.48. The molecule has 120 valence electrons. The van der Waals surface area contributed by atoms with Crippen molar-refractivity contribution in [3.8, 4) is 0 Å². The molecule has 0 bridgehead atoms. The van der Waals surface area contributed by atoms with Crippen LogP contribution in [0.5, 0.6) is 0 Å². The van der Waals surface area contributed by atoms with Gasteiger partial charge in [0.25, 0.3) is 0 Å². The Morgan fingerprint density at radius 3 is 2.73 bits per heavy atom. The van der Waals surface area contributed by atoms with Crippen molar-refractivity contribution >= 4 is 11.9 Å². The van der Waals surface area contributed by atoms with E-state index in [4.69, 9.17) is 9.47 Å². The van der Waals surface area contributed by atoms with Crippen molar-refractivity contribution < 1.29 is 24.2 Å². The molecule has 2 aliphatic carbocycles. The molecule has 2 saturated carbocycles. The number of esters is 2. The molecule has 3 rings (SSSR count). The van der Waals surface area contributed by atoms with Crippen molar-refractivity contribution in [3.05, 3.63) is 24.3 Å². The van der Waals surface area contributed by atoms with Gasteiger partial charge < -0.3 is 14.6 Å². The standard InChI is InChI=1S/C17H22O5/c1-8-5-6-11-13(8)15-14(9(2)16(19)22-15)12(21-10(3)18)7-17(11,4)20/h11-15,20H,1-2,5-7H2,3-4H3/t11-,12+,13+,14-,15-,17-/m1/s1. The molecule has 5 heteroatoms. The fourth-order valence-corrected chi connectivity index (χ4v) is 4.48. The zero-order chi connectivity index (χ0) is 16.2. The average molecular weight is 306 g/mol. The highest BCUT2D eigenvalue weighted by Gasteiger charge is 2.59. The molecule has 1 N–H and O–H groups in total. The summed E-state index contributed by atoms with van der Waals surface area (Å²) in [5.74, 6) is -1.44. The van der Waals surface area contributed by atoms with Crippen LogP contribution >= 0.6 is 0 Å². The zero-order valence-corrected chi connectivity index (χ0v) is 13.0. The largest absolute Gasteiger partial charge is 0.462 e. The molecule has 3 fully saturated rings. The first-order valence-electron chi connectivity index (χ1n) is 7.69. The molecule has 1 saturated heterocycles. The third-order valence-corrected chi connectivity index (χ3v) is 5.43. The van der Waals surface area contributed by atoms with Gasteiger partial charge in [-0.2, -0.15) is 0 Å². The van der Waals surface area contributed by atoms with Gasteiger partial charge in [0.2, 0.25) is 0 Å². The maximum atomic E-state index is 12.0. The van der Waals surface area contributed by atoms with Crippen LogP contribution < -0.4 is 0 Å². The molecular weight excluding hydrogens is 284 g/mol. The van der Waals surface area contributed by atoms with Crippen LogP contribution in [0.15, 0.2) is 24.3 Å². The summed E-state index contributed by atoms with van der Waals surface area (Å²) in [5, 5.41) is 10.9. The molecule has 5 nitrogen and oxygen atoms in total. The van der Waals surface area contributed by atoms with Crippen LogP contribution in [0, 0.1) is 17.8 Å². The van der Waals surface area contributed by atoms with Gasteiger partial charge in [-0.15, -0.1) is 0 Å². The van der Waals surface area contributed by atoms with Gasteiger partial charge in [-0.3, -0.25) is 4.79 Å². The number of aliphatic hydroxyl groups is 1. The van der Waals surface area contributed by atoms with Crippen LogP contribution in [-0.2, 0) is 19.1 Å². The molecule has 6 atom stereocenters. The van der Waals surface area contributed by atoms with Crippen LogP contribution in [0.25, 0.3) is 0 Å². The number of carbonyl (C=O) groups is 2. The van der Waals surface area contributed by atoms with Crippen molar-refractivity contribution in [3.63, 3.8) is 0 Å². The molecule has 0 aromatic rings. The summed E-state index contributed by atoms with van der Waals surface area (Å²) in [6.07, 6.45) is 0.846. The van der Waals surface area contributed by atoms with E-state index < -0.39 is 35.7 Å². The number of carbonyl (C=O) groups excluding carboxylic acids is 2. The quantitative estimate of drug-likeness (QED) is 0.454. The normalized spacial score (nSPS) is 44.1. The molecule has 1 heterocycles. The van der Waals surface area contributed by atoms with Gasteiger partial charge in [0, 0.05) is 24.8 Å². The zero-order valence-electron chi connectivity index (χ0n) is 13.0. The first-order chi connectivity index (χ1) is 10.2. The summed E-state index contributed by atoms with van der Waals surface area (Å²) in [7, 11) is 0. The molecule has 0 unspecified atom stereocenters. The smallest absolute Gasteiger partial charge is 0.334 e. The summed E-state index contributed by atoms with van der Waals surface area (Å²) in [4.78, 5) is 23.4. The summed E-state index contributed by atoms with van der Waals surface area (Å²) in [5.41, 5.74) is 0.319. The summed E-state index contributed by atoms with van der Waals surface area (Å²) < 4.78 is 11.0. The van der Waals surface area contributed by atoms with Gasteiger partial charge in [0.05, 0.1) is 11.5 Å². The Morgan fingerprint density at radius 2 is 2.09 bits per heavy atom. The van der Waals surface area contributed by atoms with Crippen molar-refractivity contribution in [1.82, 2.24) is 0 Å². The third-order valence-electron chi connectivity index (χ3n) is 5.43. The number of fused-ring (bicyclic) bond motifs is 3. The van der Waals surface area contributed by atoms with Gasteiger partial charge in [-0.25, -0.2) is 4.79 Å². The fraction of sp³-hybridized carbons (Fsp3) is 0.647. The van der Waals surface area contributed by atoms with Crippen molar-refractivity contribution in [2.75, 3.05) is 0 Å². The number of rotatable bonds is 1. The van der Waals surface area contributed by atoms with E-state index in [2.05, 4.69) is 13.2 Å². The Morgan fingerprint density at radius 1 is 1.41 bits per heavy atom. The molecule has 0 aromatic carbocycles. The Balaban J connectivity index is 2.05. The average Bonchev–Trinajstić information content (AvgIpc) is 2.87. The lowest BCUT2D eigenvalue weighted by atomic mass is 9.78. The number of hydrogen-bond donors (Lipinski definition) is 1. The van der Waals surface area contributed by atoms with E-state index in [1.807, 2.05) is 0 Å². The maximum absolute atomic E-state index is 12.0. The highest BCUT2D eigenvalue weighted by Crippen LogP contribution is 2.54. The molecule has 0 radical (unpaired) electrons. The lowest BCUT2D eigenvalue weighted by molar-refractivity contribution is -0.152. The monoisotopic (exact) mass is 306 g/mol. The predicted molar refractivity (Wildman–Crippen MR) is 78.7 cm³/mol. The van der Waals surface area contributed by atoms with E-state index in [0.717, 1.165) is 18.4 Å². The topological polar surface area (TPSA) is 72.8 Å². The van der Waals surface area contributed by atoms with Crippen LogP contribution in [0.3, 0.4) is 0 Å². The maximum Gasteiger partial charge on any atom is 0.334 e. The van der Waals surface area contributed by atoms with E-state index in [-0.39, 0.29) is 18.3 Å². The lowest BCUT2D eigenvalue weighted by Gasteiger charge is -2.34. The van der Waals surface area contributed by atoms with Crippen molar-refractivity contribution in [1.29, 1.82) is 0 Å². The SMILES string of the molecule is C=C1CC[C@@H]2[C@H]1[C@H]1OC(=O)C(=C)[C@@H]1[C@@H](OC(C)=O)C[C@@]2(C)O. The second-order valence-corrected chi connectivity index (χ2v) is 6.96. The Hall–Kier alpha value is -1.62. The highest BCUT2D eigenvalue weighted by molar-refractivity contribution is 5.91. The minimum atomic E-state index is -0.999. The second-order valence-electron chi connectivity index (χ2n) is 6.96. The van der Waals surface area contributed by atoms with E-state index in [9.17, 15) is 14.7 Å². The molecule has 3 aliphatic rings. The van der Waals surface area contributed by atoms with E-state index in [1.165, 1.54) is 6.92 Å². The van der Waals surface area contributed by atoms with E-state index in [1.54, 1.807) is 6.92 Å². The first kappa shape index (κ1) is 15.3. The molecule has 0 aromatic heterocycles. The van der Waals surface area contributed by atoms with Crippen LogP contribution in [-0.4, -0.2) is 34.9 Å². The van der Waals surface area contributed by atoms with Crippen LogP contribution in [0.1, 0.15) is 33.1 Å². The summed E-state index contributed by atoms with van der Waals surface area (Å²) >= 11 is 0. The first-order valence-corrected chi connectivity index (χ1v) is 7.69. The van der Waals surface area contributed by atoms with Crippen LogP contribution in [0.2, 0.25) is 0 Å². The predicted octanol–water partition coefficient (Wildman–Crippen LogP) is 1.75. The van der Waals surface area contributed by atoms with Gasteiger partial charge in [0.15, 0.2) is 0 Å². The Bertz CT molecular complexity index is 561. The number of ether oxygens (including phenoxy) is 2. The minimum absolute atomic E-state index is 0.0493. The van der Waals surface area contributed by atoms with Gasteiger partial charge in [-0.1, -0.05) is 18.7 Å². The molecule has 0 amide bonds. The second kappa shape index (κ2) is 4.95. The summed E-state index contributed by atoms with van der Waals surface area (Å²) in [6, 6.07) is 0. The van der Waals surface area contributed by atoms with Crippen LogP contribution in [0.4, 0.5) is 0 Å².